The second kappa shape index (κ2) is 6.05. The van der Waals surface area contributed by atoms with Crippen molar-refractivity contribution in [3.05, 3.63) is 96.0 Å². The summed E-state index contributed by atoms with van der Waals surface area (Å²) >= 11 is 6.56. The zero-order valence-electron chi connectivity index (χ0n) is 13.9. The molecule has 1 aromatic heterocycles. The van der Waals surface area contributed by atoms with Crippen LogP contribution in [0.15, 0.2) is 95.4 Å². The highest BCUT2D eigenvalue weighted by Crippen LogP contribution is 2.42. The first-order valence-corrected chi connectivity index (χ1v) is 8.95. The number of hydrogen-bond donors (Lipinski definition) is 0. The molecule has 0 amide bonds. The van der Waals surface area contributed by atoms with Crippen LogP contribution in [0.5, 0.6) is 0 Å². The van der Waals surface area contributed by atoms with Gasteiger partial charge in [-0.2, -0.15) is 0 Å². The fourth-order valence-corrected chi connectivity index (χ4v) is 3.81. The van der Waals surface area contributed by atoms with E-state index in [1.54, 1.807) is 0 Å². The van der Waals surface area contributed by atoms with Gasteiger partial charge in [-0.1, -0.05) is 90.5 Å². The van der Waals surface area contributed by atoms with E-state index >= 15 is 0 Å². The van der Waals surface area contributed by atoms with Gasteiger partial charge in [-0.15, -0.1) is 0 Å². The monoisotopic (exact) mass is 354 g/mol. The topological polar surface area (TPSA) is 13.1 Å². The van der Waals surface area contributed by atoms with E-state index in [2.05, 4.69) is 42.5 Å². The minimum atomic E-state index is 0.698. The Labute approximate surface area is 156 Å². The lowest BCUT2D eigenvalue weighted by molar-refractivity contribution is 0.671. The first-order chi connectivity index (χ1) is 12.8. The molecular formula is C24H15ClO. The highest BCUT2D eigenvalue weighted by Gasteiger charge is 2.17. The summed E-state index contributed by atoms with van der Waals surface area (Å²) in [7, 11) is 0. The van der Waals surface area contributed by atoms with E-state index in [1.807, 2.05) is 48.5 Å². The summed E-state index contributed by atoms with van der Waals surface area (Å²) in [4.78, 5) is 0. The summed E-state index contributed by atoms with van der Waals surface area (Å²) < 4.78 is 6.42. The summed E-state index contributed by atoms with van der Waals surface area (Å²) in [5.41, 5.74) is 5.97. The molecule has 0 saturated carbocycles. The van der Waals surface area contributed by atoms with Gasteiger partial charge in [0.05, 0.1) is 5.02 Å². The molecule has 0 aliphatic carbocycles. The molecule has 0 aliphatic heterocycles. The second-order valence-electron chi connectivity index (χ2n) is 6.32. The van der Waals surface area contributed by atoms with Gasteiger partial charge in [0, 0.05) is 21.9 Å². The molecule has 0 fully saturated rings. The van der Waals surface area contributed by atoms with E-state index in [-0.39, 0.29) is 0 Å². The van der Waals surface area contributed by atoms with Crippen LogP contribution in [-0.2, 0) is 0 Å². The van der Waals surface area contributed by atoms with Crippen molar-refractivity contribution in [3.8, 4) is 22.3 Å². The van der Waals surface area contributed by atoms with Crippen LogP contribution in [0.4, 0.5) is 0 Å². The molecule has 124 valence electrons. The smallest absolute Gasteiger partial charge is 0.144 e. The zero-order chi connectivity index (χ0) is 17.5. The number of hydrogen-bond acceptors (Lipinski definition) is 1. The van der Waals surface area contributed by atoms with Crippen LogP contribution in [-0.4, -0.2) is 0 Å². The van der Waals surface area contributed by atoms with E-state index in [9.17, 15) is 0 Å². The average molecular weight is 355 g/mol. The van der Waals surface area contributed by atoms with E-state index in [0.29, 0.717) is 5.02 Å². The molecule has 0 spiro atoms. The predicted octanol–water partition coefficient (Wildman–Crippen LogP) is 7.57. The van der Waals surface area contributed by atoms with Crippen molar-refractivity contribution in [2.75, 3.05) is 0 Å². The second-order valence-corrected chi connectivity index (χ2v) is 6.72. The van der Waals surface area contributed by atoms with Gasteiger partial charge in [-0.25, -0.2) is 0 Å². The van der Waals surface area contributed by atoms with Crippen LogP contribution in [0.3, 0.4) is 0 Å². The normalized spacial score (nSPS) is 11.3. The van der Waals surface area contributed by atoms with Crippen molar-refractivity contribution in [1.29, 1.82) is 0 Å². The van der Waals surface area contributed by atoms with Crippen LogP contribution in [0.2, 0.25) is 5.02 Å². The molecular weight excluding hydrogens is 340 g/mol. The quantitative estimate of drug-likeness (QED) is 0.318. The lowest BCUT2D eigenvalue weighted by Gasteiger charge is -2.05. The largest absolute Gasteiger partial charge is 0.455 e. The number of halogens is 1. The van der Waals surface area contributed by atoms with Gasteiger partial charge in [-0.05, 0) is 23.3 Å². The number of benzene rings is 4. The summed E-state index contributed by atoms with van der Waals surface area (Å²) in [6, 6.07) is 30.8. The molecule has 0 atom stereocenters. The molecule has 5 aromatic rings. The number of para-hydroxylation sites is 1. The van der Waals surface area contributed by atoms with Gasteiger partial charge in [0.2, 0.25) is 0 Å². The van der Waals surface area contributed by atoms with Gasteiger partial charge in [0.25, 0.3) is 0 Å². The SMILES string of the molecule is Clc1ccc2c(oc3c(-c4ccccc4)cccc32)c1-c1ccccc1. The zero-order valence-corrected chi connectivity index (χ0v) is 14.7. The molecule has 1 heterocycles. The molecule has 4 aromatic carbocycles. The van der Waals surface area contributed by atoms with Crippen LogP contribution >= 0.6 is 11.6 Å². The van der Waals surface area contributed by atoms with Crippen molar-refractivity contribution < 1.29 is 4.42 Å². The minimum absolute atomic E-state index is 0.698. The maximum Gasteiger partial charge on any atom is 0.144 e. The average Bonchev–Trinajstić information content (AvgIpc) is 3.07. The highest BCUT2D eigenvalue weighted by molar-refractivity contribution is 6.35. The van der Waals surface area contributed by atoms with Crippen LogP contribution in [0, 0.1) is 0 Å². The van der Waals surface area contributed by atoms with Gasteiger partial charge in [0.15, 0.2) is 0 Å². The van der Waals surface area contributed by atoms with E-state index in [4.69, 9.17) is 16.0 Å². The molecule has 0 aliphatic rings. The molecule has 5 rings (SSSR count). The summed E-state index contributed by atoms with van der Waals surface area (Å²) in [6.45, 7) is 0. The Bertz CT molecular complexity index is 1220. The Kier molecular flexibility index (Phi) is 3.55. The first kappa shape index (κ1) is 15.2. The maximum absolute atomic E-state index is 6.56. The third-order valence-electron chi connectivity index (χ3n) is 4.76. The molecule has 2 heteroatoms. The van der Waals surface area contributed by atoms with Crippen LogP contribution < -0.4 is 0 Å². The molecule has 0 bridgehead atoms. The first-order valence-electron chi connectivity index (χ1n) is 8.57. The number of fused-ring (bicyclic) bond motifs is 3. The lowest BCUT2D eigenvalue weighted by Crippen LogP contribution is -1.80. The Morgan fingerprint density at radius 1 is 0.538 bits per heavy atom. The van der Waals surface area contributed by atoms with Crippen LogP contribution in [0.25, 0.3) is 44.2 Å². The van der Waals surface area contributed by atoms with Crippen molar-refractivity contribution in [3.63, 3.8) is 0 Å². The third-order valence-corrected chi connectivity index (χ3v) is 5.08. The van der Waals surface area contributed by atoms with Gasteiger partial charge >= 0.3 is 0 Å². The van der Waals surface area contributed by atoms with Crippen molar-refractivity contribution in [1.82, 2.24) is 0 Å². The fourth-order valence-electron chi connectivity index (χ4n) is 3.56. The minimum Gasteiger partial charge on any atom is -0.455 e. The molecule has 0 saturated heterocycles. The molecule has 1 nitrogen and oxygen atoms in total. The molecule has 0 N–H and O–H groups in total. The summed E-state index contributed by atoms with van der Waals surface area (Å²) in [5.74, 6) is 0. The Morgan fingerprint density at radius 2 is 1.19 bits per heavy atom. The summed E-state index contributed by atoms with van der Waals surface area (Å²) in [6.07, 6.45) is 0. The third kappa shape index (κ3) is 2.33. The van der Waals surface area contributed by atoms with Gasteiger partial charge in [0.1, 0.15) is 11.2 Å². The molecule has 26 heavy (non-hydrogen) atoms. The Hall–Kier alpha value is -3.03. The molecule has 0 radical (unpaired) electrons. The standard InChI is InChI=1S/C24H15ClO/c25-21-15-14-20-19-13-7-12-18(16-8-3-1-4-9-16)23(19)26-24(20)22(21)17-10-5-2-6-11-17/h1-15H. The summed E-state index contributed by atoms with van der Waals surface area (Å²) in [5, 5.41) is 2.89. The molecule has 0 unspecified atom stereocenters. The van der Waals surface area contributed by atoms with Crippen molar-refractivity contribution in [2.45, 2.75) is 0 Å². The van der Waals surface area contributed by atoms with Crippen molar-refractivity contribution in [2.24, 2.45) is 0 Å². The number of furan rings is 1. The van der Waals surface area contributed by atoms with Crippen molar-refractivity contribution >= 4 is 33.5 Å². The van der Waals surface area contributed by atoms with E-state index in [0.717, 1.165) is 44.2 Å². The lowest BCUT2D eigenvalue weighted by atomic mass is 10.0. The van der Waals surface area contributed by atoms with E-state index < -0.39 is 0 Å². The number of rotatable bonds is 2. The Balaban J connectivity index is 1.88. The highest BCUT2D eigenvalue weighted by atomic mass is 35.5. The maximum atomic E-state index is 6.56. The van der Waals surface area contributed by atoms with Gasteiger partial charge < -0.3 is 4.42 Å². The van der Waals surface area contributed by atoms with Crippen LogP contribution in [0.1, 0.15) is 0 Å². The Morgan fingerprint density at radius 3 is 1.92 bits per heavy atom. The fraction of sp³-hybridized carbons (Fsp3) is 0. The van der Waals surface area contributed by atoms with Gasteiger partial charge in [-0.3, -0.25) is 0 Å². The van der Waals surface area contributed by atoms with E-state index in [1.165, 1.54) is 0 Å². The predicted molar refractivity (Wildman–Crippen MR) is 110 cm³/mol.